The second kappa shape index (κ2) is 9.81. The molecule has 0 aliphatic heterocycles. The number of hydrogen-bond donors (Lipinski definition) is 2. The lowest BCUT2D eigenvalue weighted by Gasteiger charge is -2.17. The van der Waals surface area contributed by atoms with Gasteiger partial charge in [-0.25, -0.2) is 9.59 Å². The second-order valence-corrected chi connectivity index (χ2v) is 8.50. The van der Waals surface area contributed by atoms with E-state index < -0.39 is 18.1 Å². The molecule has 0 saturated carbocycles. The highest BCUT2D eigenvalue weighted by molar-refractivity contribution is 5.81. The van der Waals surface area contributed by atoms with Gasteiger partial charge in [0, 0.05) is 24.7 Å². The van der Waals surface area contributed by atoms with Crippen LogP contribution in [0, 0.1) is 0 Å². The third-order valence-electron chi connectivity index (χ3n) is 6.34. The zero-order valence-electron chi connectivity index (χ0n) is 18.9. The molecule has 3 aromatic carbocycles. The van der Waals surface area contributed by atoms with E-state index >= 15 is 0 Å². The van der Waals surface area contributed by atoms with Crippen molar-refractivity contribution >= 4 is 12.1 Å². The number of aromatic nitrogens is 1. The average molecular weight is 465 g/mol. The number of carboxylic acid groups (broad SMARTS) is 1. The Hall–Kier alpha value is -4.45. The fourth-order valence-electron chi connectivity index (χ4n) is 4.60. The van der Waals surface area contributed by atoms with Gasteiger partial charge in [0.2, 0.25) is 0 Å². The standard InChI is InChI=1S/C29H24N2O4/c32-28(33)27(17-19-9-11-20(12-10-19)21-13-15-30-16-14-21)31-29(34)35-18-26-24-7-3-1-5-22(24)23-6-2-4-8-25(23)26/h1-16,26-27H,17-18H2,(H,31,34)(H,32,33)/t27-/m0/s1. The maximum absolute atomic E-state index is 12.6. The van der Waals surface area contributed by atoms with Gasteiger partial charge in [0.05, 0.1) is 0 Å². The number of fused-ring (bicyclic) bond motifs is 3. The van der Waals surface area contributed by atoms with E-state index in [4.69, 9.17) is 4.74 Å². The van der Waals surface area contributed by atoms with Crippen LogP contribution in [0.1, 0.15) is 22.6 Å². The number of nitrogens with zero attached hydrogens (tertiary/aromatic N) is 1. The molecule has 1 aromatic heterocycles. The van der Waals surface area contributed by atoms with Crippen molar-refractivity contribution < 1.29 is 19.4 Å². The first kappa shape index (κ1) is 22.3. The maximum atomic E-state index is 12.6. The molecule has 1 aliphatic carbocycles. The van der Waals surface area contributed by atoms with E-state index in [0.717, 1.165) is 38.9 Å². The minimum Gasteiger partial charge on any atom is -0.480 e. The third kappa shape index (κ3) is 4.77. The van der Waals surface area contributed by atoms with Crippen molar-refractivity contribution in [3.63, 3.8) is 0 Å². The smallest absolute Gasteiger partial charge is 0.407 e. The van der Waals surface area contributed by atoms with Crippen molar-refractivity contribution in [2.24, 2.45) is 0 Å². The predicted octanol–water partition coefficient (Wildman–Crippen LogP) is 5.28. The number of carboxylic acids is 1. The van der Waals surface area contributed by atoms with Crippen molar-refractivity contribution in [3.8, 4) is 22.3 Å². The number of benzene rings is 3. The van der Waals surface area contributed by atoms with Crippen LogP contribution in [-0.2, 0) is 16.0 Å². The summed E-state index contributed by atoms with van der Waals surface area (Å²) < 4.78 is 5.52. The molecule has 4 aromatic rings. The van der Waals surface area contributed by atoms with Crippen LogP contribution >= 0.6 is 0 Å². The van der Waals surface area contributed by atoms with Gasteiger partial charge < -0.3 is 15.2 Å². The Labute approximate surface area is 203 Å². The Morgan fingerprint density at radius 1 is 0.829 bits per heavy atom. The highest BCUT2D eigenvalue weighted by atomic mass is 16.5. The molecule has 0 saturated heterocycles. The second-order valence-electron chi connectivity index (χ2n) is 8.50. The lowest BCUT2D eigenvalue weighted by Crippen LogP contribution is -2.42. The fraction of sp³-hybridized carbons (Fsp3) is 0.138. The summed E-state index contributed by atoms with van der Waals surface area (Å²) in [6, 6.07) is 26.4. The number of rotatable bonds is 7. The average Bonchev–Trinajstić information content (AvgIpc) is 3.21. The van der Waals surface area contributed by atoms with Crippen LogP contribution in [0.15, 0.2) is 97.3 Å². The van der Waals surface area contributed by atoms with Gasteiger partial charge in [-0.15, -0.1) is 0 Å². The number of amides is 1. The zero-order valence-corrected chi connectivity index (χ0v) is 18.9. The zero-order chi connectivity index (χ0) is 24.2. The predicted molar refractivity (Wildman–Crippen MR) is 133 cm³/mol. The van der Waals surface area contributed by atoms with Gasteiger partial charge >= 0.3 is 12.1 Å². The highest BCUT2D eigenvalue weighted by Crippen LogP contribution is 2.44. The van der Waals surface area contributed by atoms with Crippen molar-refractivity contribution in [1.29, 1.82) is 0 Å². The molecule has 6 nitrogen and oxygen atoms in total. The molecule has 6 heteroatoms. The molecule has 5 rings (SSSR count). The van der Waals surface area contributed by atoms with E-state index in [1.54, 1.807) is 12.4 Å². The maximum Gasteiger partial charge on any atom is 0.407 e. The molecule has 1 amide bonds. The molecule has 0 spiro atoms. The first-order valence-corrected chi connectivity index (χ1v) is 11.4. The largest absolute Gasteiger partial charge is 0.480 e. The summed E-state index contributed by atoms with van der Waals surface area (Å²) in [4.78, 5) is 28.4. The number of aliphatic carboxylic acids is 1. The molecule has 0 bridgehead atoms. The van der Waals surface area contributed by atoms with Crippen LogP contribution in [0.3, 0.4) is 0 Å². The first-order chi connectivity index (χ1) is 17.1. The number of hydrogen-bond acceptors (Lipinski definition) is 4. The molecule has 1 atom stereocenters. The van der Waals surface area contributed by atoms with Crippen molar-refractivity contribution in [3.05, 3.63) is 114 Å². The van der Waals surface area contributed by atoms with Crippen LogP contribution in [0.2, 0.25) is 0 Å². The van der Waals surface area contributed by atoms with E-state index in [9.17, 15) is 14.7 Å². The quantitative estimate of drug-likeness (QED) is 0.388. The summed E-state index contributed by atoms with van der Waals surface area (Å²) in [5.41, 5.74) is 7.31. The summed E-state index contributed by atoms with van der Waals surface area (Å²) in [7, 11) is 0. The van der Waals surface area contributed by atoms with E-state index in [0.29, 0.717) is 0 Å². The SMILES string of the molecule is O=C(N[C@@H](Cc1ccc(-c2ccncc2)cc1)C(=O)O)OCC1c2ccccc2-c2ccccc21. The fourth-order valence-corrected chi connectivity index (χ4v) is 4.60. The molecule has 0 fully saturated rings. The van der Waals surface area contributed by atoms with Gasteiger partial charge in [0.15, 0.2) is 0 Å². The number of pyridine rings is 1. The Bertz CT molecular complexity index is 1310. The third-order valence-corrected chi connectivity index (χ3v) is 6.34. The van der Waals surface area contributed by atoms with Gasteiger partial charge in [-0.05, 0) is 51.1 Å². The van der Waals surface area contributed by atoms with Gasteiger partial charge in [-0.2, -0.15) is 0 Å². The number of carbonyl (C=O) groups is 2. The van der Waals surface area contributed by atoms with Crippen molar-refractivity contribution in [2.45, 2.75) is 18.4 Å². The monoisotopic (exact) mass is 464 g/mol. The number of ether oxygens (including phenoxy) is 1. The molecule has 0 unspecified atom stereocenters. The lowest BCUT2D eigenvalue weighted by atomic mass is 9.98. The van der Waals surface area contributed by atoms with Gasteiger partial charge in [0.25, 0.3) is 0 Å². The normalized spacial score (nSPS) is 12.9. The molecular formula is C29H24N2O4. The summed E-state index contributed by atoms with van der Waals surface area (Å²) >= 11 is 0. The van der Waals surface area contributed by atoms with Gasteiger partial charge in [-0.3, -0.25) is 4.98 Å². The number of carbonyl (C=O) groups excluding carboxylic acids is 1. The van der Waals surface area contributed by atoms with Crippen molar-refractivity contribution in [1.82, 2.24) is 10.3 Å². The minimum atomic E-state index is -1.11. The summed E-state index contributed by atoms with van der Waals surface area (Å²) in [5.74, 6) is -1.20. The molecule has 1 heterocycles. The Morgan fingerprint density at radius 3 is 2.00 bits per heavy atom. The van der Waals surface area contributed by atoms with Crippen molar-refractivity contribution in [2.75, 3.05) is 6.61 Å². The lowest BCUT2D eigenvalue weighted by molar-refractivity contribution is -0.139. The topological polar surface area (TPSA) is 88.5 Å². The van der Waals surface area contributed by atoms with Crippen LogP contribution in [0.4, 0.5) is 4.79 Å². The summed E-state index contributed by atoms with van der Waals surface area (Å²) in [6.45, 7) is 0.132. The molecule has 1 aliphatic rings. The number of nitrogens with one attached hydrogen (secondary N) is 1. The van der Waals surface area contributed by atoms with E-state index in [1.165, 1.54) is 0 Å². The molecule has 0 radical (unpaired) electrons. The molecule has 174 valence electrons. The van der Waals surface area contributed by atoms with Gasteiger partial charge in [0.1, 0.15) is 12.6 Å². The molecule has 2 N–H and O–H groups in total. The Morgan fingerprint density at radius 2 is 1.40 bits per heavy atom. The van der Waals surface area contributed by atoms with Crippen LogP contribution in [0.5, 0.6) is 0 Å². The van der Waals surface area contributed by atoms with Crippen LogP contribution in [0.25, 0.3) is 22.3 Å². The number of alkyl carbamates (subject to hydrolysis) is 1. The van der Waals surface area contributed by atoms with E-state index in [-0.39, 0.29) is 18.9 Å². The van der Waals surface area contributed by atoms with Gasteiger partial charge in [-0.1, -0.05) is 72.8 Å². The van der Waals surface area contributed by atoms with Crippen LogP contribution < -0.4 is 5.32 Å². The summed E-state index contributed by atoms with van der Waals surface area (Å²) in [5, 5.41) is 12.2. The first-order valence-electron chi connectivity index (χ1n) is 11.4. The Kier molecular flexibility index (Phi) is 6.26. The summed E-state index contributed by atoms with van der Waals surface area (Å²) in [6.07, 6.45) is 2.85. The Balaban J connectivity index is 1.23. The van der Waals surface area contributed by atoms with E-state index in [2.05, 4.69) is 22.4 Å². The van der Waals surface area contributed by atoms with E-state index in [1.807, 2.05) is 72.8 Å². The molecule has 35 heavy (non-hydrogen) atoms. The minimum absolute atomic E-state index is 0.0860. The van der Waals surface area contributed by atoms with Crippen LogP contribution in [-0.4, -0.2) is 34.8 Å². The molecular weight excluding hydrogens is 440 g/mol. The highest BCUT2D eigenvalue weighted by Gasteiger charge is 2.29.